The third kappa shape index (κ3) is 3.73. The number of aryl methyl sites for hydroxylation is 2. The lowest BCUT2D eigenvalue weighted by Gasteiger charge is -2.11. The maximum Gasteiger partial charge on any atom is 0.336 e. The second kappa shape index (κ2) is 6.59. The first-order chi connectivity index (χ1) is 9.99. The molecule has 3 heteroatoms. The average molecular weight is 301 g/mol. The van der Waals surface area contributed by atoms with Crippen LogP contribution in [0.2, 0.25) is 5.02 Å². The fraction of sp³-hybridized carbons (Fsp3) is 0.167. The van der Waals surface area contributed by atoms with Crippen molar-refractivity contribution in [3.8, 4) is 5.75 Å². The molecule has 2 rings (SSSR count). The molecule has 0 amide bonds. The van der Waals surface area contributed by atoms with Crippen LogP contribution in [-0.2, 0) is 4.79 Å². The van der Waals surface area contributed by atoms with Gasteiger partial charge < -0.3 is 4.74 Å². The van der Waals surface area contributed by atoms with Gasteiger partial charge in [0.05, 0.1) is 0 Å². The smallest absolute Gasteiger partial charge is 0.336 e. The van der Waals surface area contributed by atoms with Crippen molar-refractivity contribution in [3.63, 3.8) is 0 Å². The Labute approximate surface area is 130 Å². The van der Waals surface area contributed by atoms with Gasteiger partial charge in [-0.3, -0.25) is 0 Å². The highest BCUT2D eigenvalue weighted by atomic mass is 35.5. The number of carbonyl (C=O) groups is 1. The molecule has 0 spiro atoms. The first-order valence-electron chi connectivity index (χ1n) is 6.70. The van der Waals surface area contributed by atoms with Gasteiger partial charge in [-0.1, -0.05) is 41.9 Å². The van der Waals surface area contributed by atoms with E-state index in [2.05, 4.69) is 0 Å². The Morgan fingerprint density at radius 2 is 1.71 bits per heavy atom. The summed E-state index contributed by atoms with van der Waals surface area (Å²) in [5.41, 5.74) is 3.80. The van der Waals surface area contributed by atoms with Gasteiger partial charge in [0, 0.05) is 11.1 Å². The molecule has 0 aliphatic carbocycles. The molecule has 0 fully saturated rings. The number of halogens is 1. The van der Waals surface area contributed by atoms with Gasteiger partial charge in [0.25, 0.3) is 0 Å². The van der Waals surface area contributed by atoms with Gasteiger partial charge in [-0.2, -0.15) is 0 Å². The maximum absolute atomic E-state index is 12.0. The summed E-state index contributed by atoms with van der Waals surface area (Å²) in [7, 11) is 0. The molecule has 0 bridgehead atoms. The molecule has 0 aliphatic rings. The predicted octanol–water partition coefficient (Wildman–Crippen LogP) is 4.88. The van der Waals surface area contributed by atoms with Crippen molar-refractivity contribution in [1.82, 2.24) is 0 Å². The number of carbonyl (C=O) groups excluding carboxylic acids is 1. The molecule has 0 saturated heterocycles. The molecule has 0 heterocycles. The van der Waals surface area contributed by atoms with E-state index in [9.17, 15) is 4.79 Å². The lowest BCUT2D eigenvalue weighted by atomic mass is 10.1. The van der Waals surface area contributed by atoms with E-state index in [1.807, 2.05) is 51.1 Å². The summed E-state index contributed by atoms with van der Waals surface area (Å²) in [6, 6.07) is 11.3. The predicted molar refractivity (Wildman–Crippen MR) is 86.8 cm³/mol. The van der Waals surface area contributed by atoms with Gasteiger partial charge >= 0.3 is 5.97 Å². The van der Waals surface area contributed by atoms with Gasteiger partial charge in [-0.25, -0.2) is 4.79 Å². The van der Waals surface area contributed by atoms with Crippen LogP contribution in [0.4, 0.5) is 0 Å². The Bertz CT molecular complexity index is 702. The van der Waals surface area contributed by atoms with Gasteiger partial charge in [0.15, 0.2) is 0 Å². The zero-order chi connectivity index (χ0) is 15.4. The standard InChI is InChI=1S/C18H17ClO2/c1-12-8-9-13(2)18(14(12)3)21-17(20)11-10-15-6-4-5-7-16(15)19/h4-11H,1-3H3/b11-10+. The van der Waals surface area contributed by atoms with E-state index in [4.69, 9.17) is 16.3 Å². The molecule has 2 aromatic rings. The molecule has 108 valence electrons. The van der Waals surface area contributed by atoms with Crippen LogP contribution in [0.25, 0.3) is 6.08 Å². The van der Waals surface area contributed by atoms with Crippen LogP contribution in [0.3, 0.4) is 0 Å². The number of benzene rings is 2. The fourth-order valence-corrected chi connectivity index (χ4v) is 2.18. The van der Waals surface area contributed by atoms with Crippen molar-refractivity contribution in [1.29, 1.82) is 0 Å². The van der Waals surface area contributed by atoms with E-state index in [-0.39, 0.29) is 0 Å². The minimum absolute atomic E-state index is 0.410. The first-order valence-corrected chi connectivity index (χ1v) is 7.08. The van der Waals surface area contributed by atoms with Crippen molar-refractivity contribution in [2.24, 2.45) is 0 Å². The minimum Gasteiger partial charge on any atom is -0.423 e. The summed E-state index contributed by atoms with van der Waals surface area (Å²) in [6.07, 6.45) is 3.05. The highest BCUT2D eigenvalue weighted by molar-refractivity contribution is 6.32. The van der Waals surface area contributed by atoms with Crippen LogP contribution >= 0.6 is 11.6 Å². The SMILES string of the molecule is Cc1ccc(C)c(OC(=O)/C=C/c2ccccc2Cl)c1C. The largest absolute Gasteiger partial charge is 0.423 e. The van der Waals surface area contributed by atoms with Crippen LogP contribution < -0.4 is 4.74 Å². The van der Waals surface area contributed by atoms with Crippen molar-refractivity contribution in [2.45, 2.75) is 20.8 Å². The zero-order valence-corrected chi connectivity index (χ0v) is 13.1. The Morgan fingerprint density at radius 3 is 2.43 bits per heavy atom. The first kappa shape index (κ1) is 15.3. The van der Waals surface area contributed by atoms with E-state index in [1.165, 1.54) is 6.08 Å². The minimum atomic E-state index is -0.410. The van der Waals surface area contributed by atoms with Crippen LogP contribution in [0.1, 0.15) is 22.3 Å². The lowest BCUT2D eigenvalue weighted by molar-refractivity contribution is -0.129. The highest BCUT2D eigenvalue weighted by Crippen LogP contribution is 2.26. The molecule has 0 radical (unpaired) electrons. The van der Waals surface area contributed by atoms with E-state index in [0.717, 1.165) is 22.3 Å². The molecule has 0 saturated carbocycles. The molecule has 2 nitrogen and oxygen atoms in total. The molecule has 0 aliphatic heterocycles. The second-order valence-electron chi connectivity index (χ2n) is 4.93. The Morgan fingerprint density at radius 1 is 1.05 bits per heavy atom. The lowest BCUT2D eigenvalue weighted by Crippen LogP contribution is -2.07. The van der Waals surface area contributed by atoms with Crippen molar-refractivity contribution in [2.75, 3.05) is 0 Å². The van der Waals surface area contributed by atoms with Crippen LogP contribution in [0.15, 0.2) is 42.5 Å². The number of ether oxygens (including phenoxy) is 1. The molecular weight excluding hydrogens is 284 g/mol. The van der Waals surface area contributed by atoms with Crippen molar-refractivity contribution >= 4 is 23.6 Å². The molecule has 0 N–H and O–H groups in total. The Hall–Kier alpha value is -2.06. The summed E-state index contributed by atoms with van der Waals surface area (Å²) in [4.78, 5) is 12.0. The number of hydrogen-bond acceptors (Lipinski definition) is 2. The van der Waals surface area contributed by atoms with Crippen LogP contribution in [0.5, 0.6) is 5.75 Å². The molecule has 0 aromatic heterocycles. The quantitative estimate of drug-likeness (QED) is 0.458. The van der Waals surface area contributed by atoms with Gasteiger partial charge in [-0.05, 0) is 55.2 Å². The number of hydrogen-bond donors (Lipinski definition) is 0. The monoisotopic (exact) mass is 300 g/mol. The highest BCUT2D eigenvalue weighted by Gasteiger charge is 2.09. The van der Waals surface area contributed by atoms with Crippen molar-refractivity contribution < 1.29 is 9.53 Å². The topological polar surface area (TPSA) is 26.3 Å². The summed E-state index contributed by atoms with van der Waals surface area (Å²) in [5.74, 6) is 0.218. The van der Waals surface area contributed by atoms with E-state index >= 15 is 0 Å². The Kier molecular flexibility index (Phi) is 4.81. The van der Waals surface area contributed by atoms with E-state index in [0.29, 0.717) is 10.8 Å². The third-order valence-electron chi connectivity index (χ3n) is 3.38. The van der Waals surface area contributed by atoms with Gasteiger partial charge in [0.1, 0.15) is 5.75 Å². The Balaban J connectivity index is 2.16. The molecular formula is C18H17ClO2. The summed E-state index contributed by atoms with van der Waals surface area (Å²) in [5, 5.41) is 0.601. The van der Waals surface area contributed by atoms with Crippen molar-refractivity contribution in [3.05, 3.63) is 69.8 Å². The zero-order valence-electron chi connectivity index (χ0n) is 12.3. The average Bonchev–Trinajstić information content (AvgIpc) is 2.47. The molecule has 21 heavy (non-hydrogen) atoms. The van der Waals surface area contributed by atoms with E-state index in [1.54, 1.807) is 12.1 Å². The van der Waals surface area contributed by atoms with E-state index < -0.39 is 5.97 Å². The van der Waals surface area contributed by atoms with Gasteiger partial charge in [-0.15, -0.1) is 0 Å². The molecule has 2 aromatic carbocycles. The number of rotatable bonds is 3. The second-order valence-corrected chi connectivity index (χ2v) is 5.34. The number of esters is 1. The normalized spacial score (nSPS) is 10.9. The fourth-order valence-electron chi connectivity index (χ4n) is 1.99. The summed E-state index contributed by atoms with van der Waals surface area (Å²) in [6.45, 7) is 5.86. The van der Waals surface area contributed by atoms with Crippen LogP contribution in [0, 0.1) is 20.8 Å². The van der Waals surface area contributed by atoms with Crippen LogP contribution in [-0.4, -0.2) is 5.97 Å². The summed E-state index contributed by atoms with van der Waals surface area (Å²) >= 11 is 6.04. The molecule has 0 atom stereocenters. The third-order valence-corrected chi connectivity index (χ3v) is 3.72. The summed E-state index contributed by atoms with van der Waals surface area (Å²) < 4.78 is 5.45. The maximum atomic E-state index is 12.0. The van der Waals surface area contributed by atoms with Gasteiger partial charge in [0.2, 0.25) is 0 Å². The molecule has 0 unspecified atom stereocenters.